The predicted octanol–water partition coefficient (Wildman–Crippen LogP) is 6.68. The molecule has 1 amide bonds. The van der Waals surface area contributed by atoms with E-state index in [-0.39, 0.29) is 17.4 Å². The number of allylic oxidation sites excluding steroid dienone is 10. The maximum atomic E-state index is 11.9. The number of phenols is 2. The molecule has 0 bridgehead atoms. The molecule has 0 heterocycles. The second-order valence-corrected chi connectivity index (χ2v) is 7.52. The maximum Gasteiger partial charge on any atom is 0.220 e. The van der Waals surface area contributed by atoms with E-state index in [1.54, 1.807) is 6.07 Å². The van der Waals surface area contributed by atoms with Gasteiger partial charge in [-0.15, -0.1) is 0 Å². The number of rotatable bonds is 16. The minimum absolute atomic E-state index is 0.0420. The molecule has 0 saturated heterocycles. The molecule has 3 N–H and O–H groups in total. The lowest BCUT2D eigenvalue weighted by atomic mass is 10.1. The number of nitrogens with one attached hydrogen (secondary N) is 1. The lowest BCUT2D eigenvalue weighted by Crippen LogP contribution is -2.25. The van der Waals surface area contributed by atoms with Crippen molar-refractivity contribution in [3.8, 4) is 11.5 Å². The van der Waals surface area contributed by atoms with Crippen molar-refractivity contribution in [2.75, 3.05) is 6.54 Å². The van der Waals surface area contributed by atoms with E-state index in [1.807, 2.05) is 0 Å². The van der Waals surface area contributed by atoms with Gasteiger partial charge in [0.25, 0.3) is 0 Å². The molecular weight excluding hydrogens is 398 g/mol. The first-order valence-corrected chi connectivity index (χ1v) is 11.7. The highest BCUT2D eigenvalue weighted by atomic mass is 16.3. The number of carbonyl (C=O) groups is 1. The maximum absolute atomic E-state index is 11.9. The number of amides is 1. The van der Waals surface area contributed by atoms with Crippen LogP contribution in [-0.2, 0) is 11.2 Å². The van der Waals surface area contributed by atoms with Crippen LogP contribution < -0.4 is 5.32 Å². The summed E-state index contributed by atoms with van der Waals surface area (Å²) in [4.78, 5) is 11.9. The van der Waals surface area contributed by atoms with Crippen molar-refractivity contribution in [1.29, 1.82) is 0 Å². The second-order valence-electron chi connectivity index (χ2n) is 7.52. The average Bonchev–Trinajstić information content (AvgIpc) is 2.78. The molecule has 4 heteroatoms. The van der Waals surface area contributed by atoms with Crippen molar-refractivity contribution >= 4 is 5.91 Å². The van der Waals surface area contributed by atoms with Gasteiger partial charge in [-0.05, 0) is 69.1 Å². The monoisotopic (exact) mass is 437 g/mol. The third-order valence-corrected chi connectivity index (χ3v) is 4.71. The Kier molecular flexibility index (Phi) is 15.8. The molecule has 32 heavy (non-hydrogen) atoms. The average molecular weight is 438 g/mol. The molecule has 0 saturated carbocycles. The largest absolute Gasteiger partial charge is 0.504 e. The van der Waals surface area contributed by atoms with Crippen LogP contribution in [0.25, 0.3) is 0 Å². The number of carbonyl (C=O) groups excluding carboxylic acids is 1. The quantitative estimate of drug-likeness (QED) is 0.153. The van der Waals surface area contributed by atoms with Gasteiger partial charge in [0.2, 0.25) is 5.91 Å². The highest BCUT2D eigenvalue weighted by Gasteiger charge is 2.03. The molecule has 4 nitrogen and oxygen atoms in total. The zero-order valence-corrected chi connectivity index (χ0v) is 19.4. The summed E-state index contributed by atoms with van der Waals surface area (Å²) in [6.45, 7) is 2.66. The Morgan fingerprint density at radius 3 is 1.94 bits per heavy atom. The zero-order valence-electron chi connectivity index (χ0n) is 19.4. The number of benzene rings is 1. The van der Waals surface area contributed by atoms with Gasteiger partial charge in [-0.25, -0.2) is 0 Å². The van der Waals surface area contributed by atoms with Gasteiger partial charge in [0.15, 0.2) is 11.5 Å². The van der Waals surface area contributed by atoms with Gasteiger partial charge in [0.05, 0.1) is 0 Å². The molecule has 0 aromatic heterocycles. The van der Waals surface area contributed by atoms with Gasteiger partial charge in [0, 0.05) is 13.0 Å². The molecule has 0 aliphatic heterocycles. The van der Waals surface area contributed by atoms with Gasteiger partial charge >= 0.3 is 0 Å². The molecule has 0 unspecified atom stereocenters. The van der Waals surface area contributed by atoms with Gasteiger partial charge < -0.3 is 15.5 Å². The lowest BCUT2D eigenvalue weighted by molar-refractivity contribution is -0.121. The van der Waals surface area contributed by atoms with Gasteiger partial charge in [-0.2, -0.15) is 0 Å². The molecule has 0 spiro atoms. The van der Waals surface area contributed by atoms with Crippen LogP contribution >= 0.6 is 0 Å². The minimum Gasteiger partial charge on any atom is -0.504 e. The van der Waals surface area contributed by atoms with E-state index < -0.39 is 0 Å². The number of hydrogen-bond acceptors (Lipinski definition) is 3. The highest BCUT2D eigenvalue weighted by molar-refractivity contribution is 5.75. The van der Waals surface area contributed by atoms with Crippen LogP contribution in [0.2, 0.25) is 0 Å². The topological polar surface area (TPSA) is 69.6 Å². The van der Waals surface area contributed by atoms with Crippen LogP contribution in [-0.4, -0.2) is 22.7 Å². The fraction of sp³-hybridized carbons (Fsp3) is 0.393. The van der Waals surface area contributed by atoms with E-state index in [4.69, 9.17) is 0 Å². The van der Waals surface area contributed by atoms with Crippen LogP contribution in [0.1, 0.15) is 63.9 Å². The normalized spacial score (nSPS) is 12.3. The number of phenolic OH excluding ortho intramolecular Hbond substituents is 2. The Morgan fingerprint density at radius 2 is 1.38 bits per heavy atom. The summed E-state index contributed by atoms with van der Waals surface area (Å²) in [5.41, 5.74) is 0.874. The standard InChI is InChI=1S/C28H39NO3/c1-2-3-4-5-6-7-8-9-10-11-12-13-14-15-16-17-18-19-28(32)29-23-22-25-20-21-26(30)27(31)24-25/h3-4,6-7,9-10,12-13,15-16,20-21,24,30-31H,2,5,8,11,14,17-19,22-23H2,1H3,(H,29,32). The van der Waals surface area contributed by atoms with E-state index in [2.05, 4.69) is 73.0 Å². The molecular formula is C28H39NO3. The van der Waals surface area contributed by atoms with Crippen LogP contribution in [0.15, 0.2) is 79.0 Å². The Bertz CT molecular complexity index is 788. The third-order valence-electron chi connectivity index (χ3n) is 4.71. The Morgan fingerprint density at radius 1 is 0.812 bits per heavy atom. The first-order chi connectivity index (χ1) is 15.6. The second kappa shape index (κ2) is 18.7. The summed E-state index contributed by atoms with van der Waals surface area (Å²) >= 11 is 0. The van der Waals surface area contributed by atoms with E-state index in [0.29, 0.717) is 19.4 Å². The van der Waals surface area contributed by atoms with Gasteiger partial charge in [-0.1, -0.05) is 73.8 Å². The lowest BCUT2D eigenvalue weighted by Gasteiger charge is -2.06. The molecule has 0 aliphatic rings. The fourth-order valence-corrected chi connectivity index (χ4v) is 2.91. The summed E-state index contributed by atoms with van der Waals surface area (Å²) in [6.07, 6.45) is 29.6. The summed E-state index contributed by atoms with van der Waals surface area (Å²) in [6, 6.07) is 4.71. The van der Waals surface area contributed by atoms with E-state index in [0.717, 1.165) is 50.5 Å². The number of unbranched alkanes of at least 4 members (excludes halogenated alkanes) is 1. The Balaban J connectivity index is 1.99. The Labute approximate surface area is 193 Å². The molecule has 0 radical (unpaired) electrons. The van der Waals surface area contributed by atoms with Crippen molar-refractivity contribution in [2.45, 2.75) is 64.7 Å². The third kappa shape index (κ3) is 14.9. The molecule has 1 aromatic rings. The number of hydrogen-bond donors (Lipinski definition) is 3. The summed E-state index contributed by atoms with van der Waals surface area (Å²) < 4.78 is 0. The van der Waals surface area contributed by atoms with Crippen molar-refractivity contribution in [2.24, 2.45) is 0 Å². The summed E-state index contributed by atoms with van der Waals surface area (Å²) in [5.74, 6) is -0.223. The van der Waals surface area contributed by atoms with Crippen molar-refractivity contribution in [3.63, 3.8) is 0 Å². The molecule has 0 fully saturated rings. The van der Waals surface area contributed by atoms with Crippen LogP contribution in [0, 0.1) is 0 Å². The van der Waals surface area contributed by atoms with Crippen LogP contribution in [0.3, 0.4) is 0 Å². The van der Waals surface area contributed by atoms with Crippen LogP contribution in [0.4, 0.5) is 0 Å². The SMILES string of the molecule is CCC=CCC=CCC=CCC=CCC=CCCCC(=O)NCCc1ccc(O)c(O)c1. The first-order valence-electron chi connectivity index (χ1n) is 11.7. The van der Waals surface area contributed by atoms with Crippen molar-refractivity contribution in [3.05, 3.63) is 84.5 Å². The van der Waals surface area contributed by atoms with Crippen LogP contribution in [0.5, 0.6) is 11.5 Å². The molecule has 1 rings (SSSR count). The Hall–Kier alpha value is -3.01. The predicted molar refractivity (Wildman–Crippen MR) is 135 cm³/mol. The van der Waals surface area contributed by atoms with Crippen molar-refractivity contribution in [1.82, 2.24) is 5.32 Å². The van der Waals surface area contributed by atoms with E-state index in [9.17, 15) is 15.0 Å². The highest BCUT2D eigenvalue weighted by Crippen LogP contribution is 2.24. The van der Waals surface area contributed by atoms with Gasteiger partial charge in [0.1, 0.15) is 0 Å². The summed E-state index contributed by atoms with van der Waals surface area (Å²) in [5, 5.41) is 21.7. The summed E-state index contributed by atoms with van der Waals surface area (Å²) in [7, 11) is 0. The van der Waals surface area contributed by atoms with Gasteiger partial charge in [-0.3, -0.25) is 4.79 Å². The van der Waals surface area contributed by atoms with Crippen molar-refractivity contribution < 1.29 is 15.0 Å². The minimum atomic E-state index is -0.133. The van der Waals surface area contributed by atoms with E-state index >= 15 is 0 Å². The fourth-order valence-electron chi connectivity index (χ4n) is 2.91. The smallest absolute Gasteiger partial charge is 0.220 e. The molecule has 0 aliphatic carbocycles. The van der Waals surface area contributed by atoms with E-state index in [1.165, 1.54) is 12.1 Å². The molecule has 1 aromatic carbocycles. The first kappa shape index (κ1) is 27.0. The number of aromatic hydroxyl groups is 2. The zero-order chi connectivity index (χ0) is 23.3. The molecule has 0 atom stereocenters. The molecule has 174 valence electrons.